The highest BCUT2D eigenvalue weighted by atomic mass is 16.5. The van der Waals surface area contributed by atoms with Crippen LogP contribution in [0.25, 0.3) is 0 Å². The van der Waals surface area contributed by atoms with Gasteiger partial charge in [-0.2, -0.15) is 0 Å². The van der Waals surface area contributed by atoms with Crippen LogP contribution in [0.15, 0.2) is 24.3 Å². The van der Waals surface area contributed by atoms with Crippen molar-refractivity contribution in [3.8, 4) is 5.75 Å². The van der Waals surface area contributed by atoms with Gasteiger partial charge in [0.25, 0.3) is 5.91 Å². The van der Waals surface area contributed by atoms with Crippen molar-refractivity contribution in [2.45, 2.75) is 13.8 Å². The summed E-state index contributed by atoms with van der Waals surface area (Å²) in [6, 6.07) is 6.55. The molecule has 1 N–H and O–H groups in total. The lowest BCUT2D eigenvalue weighted by atomic mass is 10.1. The largest absolute Gasteiger partial charge is 0.482 e. The summed E-state index contributed by atoms with van der Waals surface area (Å²) >= 11 is 0. The molecule has 0 saturated carbocycles. The predicted molar refractivity (Wildman–Crippen MR) is 82.2 cm³/mol. The zero-order valence-corrected chi connectivity index (χ0v) is 13.2. The van der Waals surface area contributed by atoms with Gasteiger partial charge in [-0.3, -0.25) is 4.79 Å². The van der Waals surface area contributed by atoms with E-state index in [-0.39, 0.29) is 5.91 Å². The number of rotatable bonds is 9. The van der Waals surface area contributed by atoms with Crippen molar-refractivity contribution in [2.75, 3.05) is 33.4 Å². The lowest BCUT2D eigenvalue weighted by Crippen LogP contribution is -2.36. The Morgan fingerprint density at radius 3 is 2.64 bits per heavy atom. The number of hydrogen-bond donors (Lipinski definition) is 1. The third kappa shape index (κ3) is 6.13. The Kier molecular flexibility index (Phi) is 7.39. The summed E-state index contributed by atoms with van der Waals surface area (Å²) in [5, 5.41) is 8.62. The van der Waals surface area contributed by atoms with E-state index in [9.17, 15) is 9.59 Å². The van der Waals surface area contributed by atoms with Crippen LogP contribution in [0.2, 0.25) is 0 Å². The van der Waals surface area contributed by atoms with Gasteiger partial charge in [0.2, 0.25) is 0 Å². The molecule has 0 aliphatic carbocycles. The summed E-state index contributed by atoms with van der Waals surface area (Å²) in [4.78, 5) is 24.8. The number of aliphatic carboxylic acids is 1. The fraction of sp³-hybridized carbons (Fsp3) is 0.500. The van der Waals surface area contributed by atoms with Crippen LogP contribution in [0.4, 0.5) is 0 Å². The van der Waals surface area contributed by atoms with Gasteiger partial charge in [0.05, 0.1) is 6.61 Å². The molecule has 0 aliphatic heterocycles. The van der Waals surface area contributed by atoms with Crippen molar-refractivity contribution in [2.24, 2.45) is 5.92 Å². The van der Waals surface area contributed by atoms with E-state index in [2.05, 4.69) is 0 Å². The van der Waals surface area contributed by atoms with Gasteiger partial charge in [-0.15, -0.1) is 0 Å². The Labute approximate surface area is 130 Å². The molecule has 122 valence electrons. The molecule has 1 amide bonds. The summed E-state index contributed by atoms with van der Waals surface area (Å²) in [6.07, 6.45) is 0. The quantitative estimate of drug-likeness (QED) is 0.754. The highest BCUT2D eigenvalue weighted by Gasteiger charge is 2.17. The molecular weight excluding hydrogens is 286 g/mol. The SMILES string of the molecule is COCCN(CC(C)C)C(=O)c1cccc(OCC(=O)O)c1. The number of benzene rings is 1. The van der Waals surface area contributed by atoms with Crippen molar-refractivity contribution in [1.29, 1.82) is 0 Å². The Hall–Kier alpha value is -2.08. The number of ether oxygens (including phenoxy) is 2. The molecule has 6 heteroatoms. The molecule has 1 aromatic carbocycles. The number of carboxylic acid groups (broad SMARTS) is 1. The maximum Gasteiger partial charge on any atom is 0.341 e. The van der Waals surface area contributed by atoms with E-state index < -0.39 is 12.6 Å². The third-order valence-corrected chi connectivity index (χ3v) is 2.88. The van der Waals surface area contributed by atoms with Crippen LogP contribution < -0.4 is 4.74 Å². The molecule has 0 heterocycles. The van der Waals surface area contributed by atoms with E-state index in [1.165, 1.54) is 0 Å². The zero-order chi connectivity index (χ0) is 16.5. The van der Waals surface area contributed by atoms with Crippen LogP contribution in [0, 0.1) is 5.92 Å². The van der Waals surface area contributed by atoms with Gasteiger partial charge in [0, 0.05) is 25.8 Å². The normalized spacial score (nSPS) is 10.5. The highest BCUT2D eigenvalue weighted by Crippen LogP contribution is 2.16. The van der Waals surface area contributed by atoms with E-state index in [1.807, 2.05) is 13.8 Å². The summed E-state index contributed by atoms with van der Waals surface area (Å²) in [5.41, 5.74) is 0.472. The maximum absolute atomic E-state index is 12.6. The lowest BCUT2D eigenvalue weighted by Gasteiger charge is -2.24. The first-order valence-electron chi connectivity index (χ1n) is 7.17. The Morgan fingerprint density at radius 2 is 2.05 bits per heavy atom. The van der Waals surface area contributed by atoms with Crippen molar-refractivity contribution in [3.05, 3.63) is 29.8 Å². The molecule has 1 rings (SSSR count). The summed E-state index contributed by atoms with van der Waals surface area (Å²) in [7, 11) is 1.60. The molecule has 22 heavy (non-hydrogen) atoms. The van der Waals surface area contributed by atoms with Gasteiger partial charge in [0.1, 0.15) is 5.75 Å². The molecule has 0 aliphatic rings. The predicted octanol–water partition coefficient (Wildman–Crippen LogP) is 1.89. The lowest BCUT2D eigenvalue weighted by molar-refractivity contribution is -0.139. The van der Waals surface area contributed by atoms with Crippen LogP contribution in [0.5, 0.6) is 5.75 Å². The second-order valence-electron chi connectivity index (χ2n) is 5.35. The topological polar surface area (TPSA) is 76.1 Å². The van der Waals surface area contributed by atoms with E-state index in [4.69, 9.17) is 14.6 Å². The zero-order valence-electron chi connectivity index (χ0n) is 13.2. The minimum absolute atomic E-state index is 0.119. The van der Waals surface area contributed by atoms with E-state index >= 15 is 0 Å². The summed E-state index contributed by atoms with van der Waals surface area (Å²) < 4.78 is 10.1. The monoisotopic (exact) mass is 309 g/mol. The van der Waals surface area contributed by atoms with Gasteiger partial charge < -0.3 is 19.5 Å². The van der Waals surface area contributed by atoms with Crippen LogP contribution in [-0.2, 0) is 9.53 Å². The number of amides is 1. The summed E-state index contributed by atoms with van der Waals surface area (Å²) in [6.45, 7) is 5.25. The molecule has 0 saturated heterocycles. The number of carbonyl (C=O) groups is 2. The molecule has 0 unspecified atom stereocenters. The van der Waals surface area contributed by atoms with Crippen LogP contribution in [-0.4, -0.2) is 55.3 Å². The average molecular weight is 309 g/mol. The standard InChI is InChI=1S/C16H23NO5/c1-12(2)10-17(7-8-21-3)16(20)13-5-4-6-14(9-13)22-11-15(18)19/h4-6,9,12H,7-8,10-11H2,1-3H3,(H,18,19). The average Bonchev–Trinajstić information content (AvgIpc) is 2.48. The van der Waals surface area contributed by atoms with Crippen molar-refractivity contribution >= 4 is 11.9 Å². The number of hydrogen-bond acceptors (Lipinski definition) is 4. The fourth-order valence-electron chi connectivity index (χ4n) is 1.96. The van der Waals surface area contributed by atoms with Crippen LogP contribution in [0.1, 0.15) is 24.2 Å². The van der Waals surface area contributed by atoms with Crippen molar-refractivity contribution < 1.29 is 24.2 Å². The minimum Gasteiger partial charge on any atom is -0.482 e. The summed E-state index contributed by atoms with van der Waals surface area (Å²) in [5.74, 6) is -0.471. The van der Waals surface area contributed by atoms with Gasteiger partial charge in [-0.05, 0) is 24.1 Å². The van der Waals surface area contributed by atoms with Gasteiger partial charge >= 0.3 is 5.97 Å². The fourth-order valence-corrected chi connectivity index (χ4v) is 1.96. The maximum atomic E-state index is 12.6. The van der Waals surface area contributed by atoms with Crippen molar-refractivity contribution in [3.63, 3.8) is 0 Å². The highest BCUT2D eigenvalue weighted by molar-refractivity contribution is 5.94. The molecular formula is C16H23NO5. The number of carboxylic acids is 1. The van der Waals surface area contributed by atoms with Gasteiger partial charge in [-0.25, -0.2) is 4.79 Å². The number of nitrogens with zero attached hydrogens (tertiary/aromatic N) is 1. The Balaban J connectivity index is 2.83. The molecule has 0 atom stereocenters. The second kappa shape index (κ2) is 9.04. The number of methoxy groups -OCH3 is 1. The molecule has 1 aromatic rings. The first-order valence-corrected chi connectivity index (χ1v) is 7.17. The van der Waals surface area contributed by atoms with E-state index in [1.54, 1.807) is 36.3 Å². The Morgan fingerprint density at radius 1 is 1.32 bits per heavy atom. The third-order valence-electron chi connectivity index (χ3n) is 2.88. The number of carbonyl (C=O) groups excluding carboxylic acids is 1. The smallest absolute Gasteiger partial charge is 0.341 e. The van der Waals surface area contributed by atoms with E-state index in [0.29, 0.717) is 36.9 Å². The molecule has 0 radical (unpaired) electrons. The first kappa shape index (κ1) is 18.0. The first-order chi connectivity index (χ1) is 10.4. The van der Waals surface area contributed by atoms with Crippen LogP contribution >= 0.6 is 0 Å². The molecule has 0 spiro atoms. The van der Waals surface area contributed by atoms with Crippen molar-refractivity contribution in [1.82, 2.24) is 4.90 Å². The molecule has 0 bridgehead atoms. The molecule has 0 aromatic heterocycles. The minimum atomic E-state index is -1.06. The van der Waals surface area contributed by atoms with E-state index in [0.717, 1.165) is 0 Å². The van der Waals surface area contributed by atoms with Gasteiger partial charge in [0.15, 0.2) is 6.61 Å². The molecule has 0 fully saturated rings. The van der Waals surface area contributed by atoms with Gasteiger partial charge in [-0.1, -0.05) is 19.9 Å². The Bertz CT molecular complexity index is 501. The molecule has 6 nitrogen and oxygen atoms in total. The second-order valence-corrected chi connectivity index (χ2v) is 5.35. The van der Waals surface area contributed by atoms with Crippen LogP contribution in [0.3, 0.4) is 0 Å².